The molecule has 5 nitrogen and oxygen atoms in total. The number of aryl methyl sites for hydroxylation is 3. The second-order valence-electron chi connectivity index (χ2n) is 5.03. The zero-order chi connectivity index (χ0) is 15.6. The lowest BCUT2D eigenvalue weighted by Crippen LogP contribution is -2.14. The van der Waals surface area contributed by atoms with E-state index in [4.69, 9.17) is 0 Å². The molecule has 0 aliphatic carbocycles. The molecule has 1 N–H and O–H groups in total. The molecule has 2 aromatic rings. The second-order valence-corrected chi connectivity index (χ2v) is 5.03. The number of nitrogens with one attached hydrogen (secondary N) is 1. The van der Waals surface area contributed by atoms with Crippen molar-refractivity contribution in [3.05, 3.63) is 68.8 Å². The summed E-state index contributed by atoms with van der Waals surface area (Å²) in [5.41, 5.74) is 3.82. The predicted molar refractivity (Wildman–Crippen MR) is 81.7 cm³/mol. The van der Waals surface area contributed by atoms with Gasteiger partial charge >= 0.3 is 0 Å². The number of nitrogens with zero attached hydrogens (tertiary/aromatic N) is 1. The summed E-state index contributed by atoms with van der Waals surface area (Å²) in [6, 6.07) is 9.97. The van der Waals surface area contributed by atoms with E-state index in [0.717, 1.165) is 11.1 Å². The van der Waals surface area contributed by atoms with Gasteiger partial charge in [-0.3, -0.25) is 14.9 Å². The number of hydrogen-bond donors (Lipinski definition) is 1. The highest BCUT2D eigenvalue weighted by atomic mass is 16.6. The van der Waals surface area contributed by atoms with Crippen molar-refractivity contribution in [3.8, 4) is 0 Å². The minimum Gasteiger partial charge on any atom is -0.322 e. The molecule has 0 heterocycles. The predicted octanol–water partition coefficient (Wildman–Crippen LogP) is 3.77. The molecule has 0 aromatic heterocycles. The summed E-state index contributed by atoms with van der Waals surface area (Å²) in [7, 11) is 0. The van der Waals surface area contributed by atoms with Gasteiger partial charge in [0.2, 0.25) is 0 Å². The lowest BCUT2D eigenvalue weighted by molar-refractivity contribution is -0.384. The SMILES string of the molecule is Cc1ccc(C(=O)Nc2ccc([N+](=O)[O-])cc2C)c(C)c1. The van der Waals surface area contributed by atoms with Crippen LogP contribution in [0.1, 0.15) is 27.0 Å². The molecule has 0 unspecified atom stereocenters. The molecule has 0 fully saturated rings. The third kappa shape index (κ3) is 3.25. The van der Waals surface area contributed by atoms with Crippen molar-refractivity contribution in [2.75, 3.05) is 5.32 Å². The average molecular weight is 284 g/mol. The summed E-state index contributed by atoms with van der Waals surface area (Å²) in [6.45, 7) is 5.57. The van der Waals surface area contributed by atoms with Gasteiger partial charge in [-0.15, -0.1) is 0 Å². The molecule has 2 rings (SSSR count). The number of non-ortho nitro benzene ring substituents is 1. The maximum atomic E-state index is 12.3. The molecule has 0 aliphatic rings. The van der Waals surface area contributed by atoms with Gasteiger partial charge in [-0.25, -0.2) is 0 Å². The number of nitro groups is 1. The lowest BCUT2D eigenvalue weighted by Gasteiger charge is -2.10. The van der Waals surface area contributed by atoms with Gasteiger partial charge in [0.1, 0.15) is 0 Å². The number of anilines is 1. The van der Waals surface area contributed by atoms with Crippen LogP contribution in [0.15, 0.2) is 36.4 Å². The summed E-state index contributed by atoms with van der Waals surface area (Å²) in [5, 5.41) is 13.5. The Bertz CT molecular complexity index is 723. The van der Waals surface area contributed by atoms with Crippen molar-refractivity contribution in [1.82, 2.24) is 0 Å². The Morgan fingerprint density at radius 3 is 2.33 bits per heavy atom. The third-order valence-corrected chi connectivity index (χ3v) is 3.30. The van der Waals surface area contributed by atoms with E-state index in [1.54, 1.807) is 19.1 Å². The molecule has 0 radical (unpaired) electrons. The van der Waals surface area contributed by atoms with Gasteiger partial charge in [-0.2, -0.15) is 0 Å². The molecular formula is C16H16N2O3. The Morgan fingerprint density at radius 2 is 1.76 bits per heavy atom. The first kappa shape index (κ1) is 14.7. The largest absolute Gasteiger partial charge is 0.322 e. The standard InChI is InChI=1S/C16H16N2O3/c1-10-4-6-14(11(2)8-10)16(19)17-15-7-5-13(18(20)21)9-12(15)3/h4-9H,1-3H3,(H,17,19). The first-order valence-corrected chi connectivity index (χ1v) is 6.52. The number of amides is 1. The van der Waals surface area contributed by atoms with E-state index < -0.39 is 4.92 Å². The van der Waals surface area contributed by atoms with Crippen molar-refractivity contribution in [3.63, 3.8) is 0 Å². The van der Waals surface area contributed by atoms with Crippen LogP contribution in [-0.4, -0.2) is 10.8 Å². The van der Waals surface area contributed by atoms with Crippen molar-refractivity contribution < 1.29 is 9.72 Å². The molecule has 2 aromatic carbocycles. The fraction of sp³-hybridized carbons (Fsp3) is 0.188. The number of carbonyl (C=O) groups excluding carboxylic acids is 1. The number of carbonyl (C=O) groups is 1. The van der Waals surface area contributed by atoms with Gasteiger partial charge in [0.15, 0.2) is 0 Å². The Kier molecular flexibility index (Phi) is 4.03. The Hall–Kier alpha value is -2.69. The van der Waals surface area contributed by atoms with E-state index in [9.17, 15) is 14.9 Å². The zero-order valence-corrected chi connectivity index (χ0v) is 12.1. The normalized spacial score (nSPS) is 10.2. The van der Waals surface area contributed by atoms with Gasteiger partial charge in [-0.05, 0) is 44.0 Å². The molecule has 0 atom stereocenters. The molecule has 0 spiro atoms. The molecule has 21 heavy (non-hydrogen) atoms. The molecule has 108 valence electrons. The topological polar surface area (TPSA) is 72.2 Å². The van der Waals surface area contributed by atoms with Crippen LogP contribution in [0, 0.1) is 30.9 Å². The van der Waals surface area contributed by atoms with Crippen LogP contribution in [0.25, 0.3) is 0 Å². The van der Waals surface area contributed by atoms with Crippen LogP contribution in [0.5, 0.6) is 0 Å². The molecule has 0 aliphatic heterocycles. The summed E-state index contributed by atoms with van der Waals surface area (Å²) in [4.78, 5) is 22.5. The highest BCUT2D eigenvalue weighted by Gasteiger charge is 2.13. The lowest BCUT2D eigenvalue weighted by atomic mass is 10.0. The Labute approximate surface area is 122 Å². The highest BCUT2D eigenvalue weighted by molar-refractivity contribution is 6.05. The van der Waals surface area contributed by atoms with Gasteiger partial charge in [0.05, 0.1) is 4.92 Å². The highest BCUT2D eigenvalue weighted by Crippen LogP contribution is 2.22. The molecule has 0 bridgehead atoms. The molecule has 0 saturated carbocycles. The van der Waals surface area contributed by atoms with Crippen LogP contribution in [0.2, 0.25) is 0 Å². The minimum atomic E-state index is -0.456. The van der Waals surface area contributed by atoms with Crippen molar-refractivity contribution in [2.24, 2.45) is 0 Å². The van der Waals surface area contributed by atoms with Crippen LogP contribution in [-0.2, 0) is 0 Å². The monoisotopic (exact) mass is 284 g/mol. The average Bonchev–Trinajstić information content (AvgIpc) is 2.40. The smallest absolute Gasteiger partial charge is 0.269 e. The van der Waals surface area contributed by atoms with E-state index in [2.05, 4.69) is 5.32 Å². The van der Waals surface area contributed by atoms with E-state index in [0.29, 0.717) is 16.8 Å². The van der Waals surface area contributed by atoms with E-state index in [1.165, 1.54) is 12.1 Å². The number of hydrogen-bond acceptors (Lipinski definition) is 3. The first-order valence-electron chi connectivity index (χ1n) is 6.52. The van der Waals surface area contributed by atoms with E-state index >= 15 is 0 Å². The van der Waals surface area contributed by atoms with Gasteiger partial charge in [0, 0.05) is 23.4 Å². The van der Waals surface area contributed by atoms with Crippen LogP contribution >= 0.6 is 0 Å². The summed E-state index contributed by atoms with van der Waals surface area (Å²) in [6.07, 6.45) is 0. The van der Waals surface area contributed by atoms with Crippen LogP contribution < -0.4 is 5.32 Å². The molecular weight excluding hydrogens is 268 g/mol. The van der Waals surface area contributed by atoms with Gasteiger partial charge in [-0.1, -0.05) is 17.7 Å². The van der Waals surface area contributed by atoms with Crippen molar-refractivity contribution >= 4 is 17.3 Å². The van der Waals surface area contributed by atoms with Gasteiger partial charge < -0.3 is 5.32 Å². The van der Waals surface area contributed by atoms with Crippen molar-refractivity contribution in [1.29, 1.82) is 0 Å². The van der Waals surface area contributed by atoms with E-state index in [1.807, 2.05) is 26.0 Å². The molecule has 5 heteroatoms. The first-order chi connectivity index (χ1) is 9.88. The number of benzene rings is 2. The zero-order valence-electron chi connectivity index (χ0n) is 12.1. The molecule has 1 amide bonds. The van der Waals surface area contributed by atoms with Crippen LogP contribution in [0.4, 0.5) is 11.4 Å². The summed E-state index contributed by atoms with van der Waals surface area (Å²) < 4.78 is 0. The summed E-state index contributed by atoms with van der Waals surface area (Å²) in [5.74, 6) is -0.218. The maximum Gasteiger partial charge on any atom is 0.269 e. The maximum absolute atomic E-state index is 12.3. The fourth-order valence-electron chi connectivity index (χ4n) is 2.16. The van der Waals surface area contributed by atoms with Crippen molar-refractivity contribution in [2.45, 2.75) is 20.8 Å². The molecule has 0 saturated heterocycles. The minimum absolute atomic E-state index is 0.0111. The Balaban J connectivity index is 2.25. The fourth-order valence-corrected chi connectivity index (χ4v) is 2.16. The van der Waals surface area contributed by atoms with E-state index in [-0.39, 0.29) is 11.6 Å². The Morgan fingerprint density at radius 1 is 1.05 bits per heavy atom. The number of nitro benzene ring substituents is 1. The second kappa shape index (κ2) is 5.75. The number of rotatable bonds is 3. The summed E-state index contributed by atoms with van der Waals surface area (Å²) >= 11 is 0. The third-order valence-electron chi connectivity index (χ3n) is 3.30. The van der Waals surface area contributed by atoms with Gasteiger partial charge in [0.25, 0.3) is 11.6 Å². The van der Waals surface area contributed by atoms with Crippen LogP contribution in [0.3, 0.4) is 0 Å². The quantitative estimate of drug-likeness (QED) is 0.688.